The van der Waals surface area contributed by atoms with Crippen LogP contribution in [0.15, 0.2) is 30.3 Å². The summed E-state index contributed by atoms with van der Waals surface area (Å²) in [6, 6.07) is 9.94. The quantitative estimate of drug-likeness (QED) is 0.526. The van der Waals surface area contributed by atoms with Gasteiger partial charge in [0.15, 0.2) is 6.29 Å². The van der Waals surface area contributed by atoms with E-state index < -0.39 is 0 Å². The average molecular weight is 180 g/mol. The molecule has 1 nitrogen and oxygen atoms in total. The fourth-order valence-electron chi connectivity index (χ4n) is 2.05. The van der Waals surface area contributed by atoms with Crippen molar-refractivity contribution in [2.75, 3.05) is 0 Å². The van der Waals surface area contributed by atoms with Gasteiger partial charge in [-0.2, -0.15) is 0 Å². The van der Waals surface area contributed by atoms with Crippen LogP contribution in [-0.2, 0) is 0 Å². The molecule has 0 saturated heterocycles. The summed E-state index contributed by atoms with van der Waals surface area (Å²) in [6.45, 7) is 0. The van der Waals surface area contributed by atoms with Gasteiger partial charge in [0, 0.05) is 5.56 Å². The smallest absolute Gasteiger partial charge is 0.150 e. The number of carbonyl (C=O) groups excluding carboxylic acids is 1. The summed E-state index contributed by atoms with van der Waals surface area (Å²) in [7, 11) is 0. The van der Waals surface area contributed by atoms with Crippen LogP contribution >= 0.6 is 0 Å². The van der Waals surface area contributed by atoms with E-state index in [4.69, 9.17) is 0 Å². The molecule has 0 aromatic heterocycles. The molecule has 0 fully saturated rings. The number of hydrogen-bond donors (Lipinski definition) is 0. The minimum absolute atomic E-state index is 0.773. The Labute approximate surface area is 81.7 Å². The van der Waals surface area contributed by atoms with Crippen molar-refractivity contribution in [2.45, 2.75) is 0 Å². The summed E-state index contributed by atoms with van der Waals surface area (Å²) in [5.41, 5.74) is 3.19. The van der Waals surface area contributed by atoms with E-state index in [1.807, 2.05) is 24.3 Å². The molecule has 66 valence electrons. The molecule has 1 aliphatic rings. The summed E-state index contributed by atoms with van der Waals surface area (Å²) in [5.74, 6) is 0. The fraction of sp³-hybridized carbons (Fsp3) is 0. The Hall–Kier alpha value is -1.89. The molecule has 0 bridgehead atoms. The first-order valence-electron chi connectivity index (χ1n) is 4.59. The topological polar surface area (TPSA) is 17.1 Å². The molecule has 0 N–H and O–H groups in total. The van der Waals surface area contributed by atoms with Gasteiger partial charge in [-0.1, -0.05) is 42.5 Å². The van der Waals surface area contributed by atoms with Crippen LogP contribution in [0.1, 0.15) is 21.5 Å². The van der Waals surface area contributed by atoms with Crippen LogP contribution in [0.5, 0.6) is 0 Å². The maximum Gasteiger partial charge on any atom is 0.150 e. The van der Waals surface area contributed by atoms with E-state index in [1.165, 1.54) is 16.5 Å². The molecule has 1 heteroatoms. The van der Waals surface area contributed by atoms with Crippen LogP contribution < -0.4 is 0 Å². The Balaban J connectivity index is 2.57. The van der Waals surface area contributed by atoms with Gasteiger partial charge in [-0.15, -0.1) is 0 Å². The molecule has 2 aromatic rings. The second-order valence-corrected chi connectivity index (χ2v) is 3.47. The molecule has 0 spiro atoms. The van der Waals surface area contributed by atoms with Crippen molar-refractivity contribution in [3.63, 3.8) is 0 Å². The SMILES string of the molecule is O=Cc1ccc2c3c(cccc13)C=C2. The van der Waals surface area contributed by atoms with Gasteiger partial charge in [-0.25, -0.2) is 0 Å². The highest BCUT2D eigenvalue weighted by Crippen LogP contribution is 2.32. The minimum atomic E-state index is 0.773. The van der Waals surface area contributed by atoms with Gasteiger partial charge >= 0.3 is 0 Å². The van der Waals surface area contributed by atoms with E-state index in [9.17, 15) is 4.79 Å². The molecule has 0 radical (unpaired) electrons. The molecule has 0 amide bonds. The van der Waals surface area contributed by atoms with Crippen molar-refractivity contribution >= 4 is 29.2 Å². The number of rotatable bonds is 1. The molecular weight excluding hydrogens is 172 g/mol. The van der Waals surface area contributed by atoms with Crippen molar-refractivity contribution in [3.8, 4) is 0 Å². The fourth-order valence-corrected chi connectivity index (χ4v) is 2.05. The first-order chi connectivity index (χ1) is 6.90. The van der Waals surface area contributed by atoms with Gasteiger partial charge in [-0.3, -0.25) is 4.79 Å². The van der Waals surface area contributed by atoms with Crippen molar-refractivity contribution < 1.29 is 4.79 Å². The molecule has 0 saturated carbocycles. The Kier molecular flexibility index (Phi) is 1.37. The third kappa shape index (κ3) is 0.814. The van der Waals surface area contributed by atoms with Gasteiger partial charge in [0.1, 0.15) is 0 Å². The Morgan fingerprint density at radius 1 is 0.929 bits per heavy atom. The van der Waals surface area contributed by atoms with Crippen molar-refractivity contribution in [3.05, 3.63) is 47.0 Å². The predicted octanol–water partition coefficient (Wildman–Crippen LogP) is 3.14. The lowest BCUT2D eigenvalue weighted by Gasteiger charge is -2.03. The summed E-state index contributed by atoms with van der Waals surface area (Å²) in [4.78, 5) is 10.8. The Morgan fingerprint density at radius 3 is 2.50 bits per heavy atom. The monoisotopic (exact) mass is 180 g/mol. The molecule has 2 aromatic carbocycles. The van der Waals surface area contributed by atoms with Crippen LogP contribution in [0.2, 0.25) is 0 Å². The van der Waals surface area contributed by atoms with Crippen LogP contribution in [0.3, 0.4) is 0 Å². The molecule has 0 aliphatic heterocycles. The zero-order valence-electron chi connectivity index (χ0n) is 7.53. The molecule has 0 heterocycles. The highest BCUT2D eigenvalue weighted by atomic mass is 16.1. The van der Waals surface area contributed by atoms with E-state index in [0.29, 0.717) is 0 Å². The third-order valence-electron chi connectivity index (χ3n) is 2.71. The molecule has 0 unspecified atom stereocenters. The van der Waals surface area contributed by atoms with Crippen molar-refractivity contribution in [2.24, 2.45) is 0 Å². The Morgan fingerprint density at radius 2 is 1.71 bits per heavy atom. The van der Waals surface area contributed by atoms with Gasteiger partial charge in [0.25, 0.3) is 0 Å². The highest BCUT2D eigenvalue weighted by Gasteiger charge is 2.10. The number of hydrogen-bond acceptors (Lipinski definition) is 1. The molecule has 3 rings (SSSR count). The Bertz CT molecular complexity index is 552. The van der Waals surface area contributed by atoms with E-state index >= 15 is 0 Å². The van der Waals surface area contributed by atoms with Crippen LogP contribution in [0, 0.1) is 0 Å². The third-order valence-corrected chi connectivity index (χ3v) is 2.71. The summed E-state index contributed by atoms with van der Waals surface area (Å²) in [5, 5.41) is 2.26. The lowest BCUT2D eigenvalue weighted by Crippen LogP contribution is -1.85. The average Bonchev–Trinajstić information content (AvgIpc) is 2.65. The summed E-state index contributed by atoms with van der Waals surface area (Å²) < 4.78 is 0. The van der Waals surface area contributed by atoms with Crippen molar-refractivity contribution in [1.29, 1.82) is 0 Å². The number of aldehydes is 1. The highest BCUT2D eigenvalue weighted by molar-refractivity contribution is 6.10. The number of benzene rings is 2. The maximum atomic E-state index is 10.8. The number of carbonyl (C=O) groups is 1. The van der Waals surface area contributed by atoms with Crippen LogP contribution in [0.25, 0.3) is 22.9 Å². The minimum Gasteiger partial charge on any atom is -0.298 e. The van der Waals surface area contributed by atoms with E-state index in [1.54, 1.807) is 0 Å². The first-order valence-corrected chi connectivity index (χ1v) is 4.59. The van der Waals surface area contributed by atoms with Gasteiger partial charge in [0.2, 0.25) is 0 Å². The second-order valence-electron chi connectivity index (χ2n) is 3.47. The van der Waals surface area contributed by atoms with Crippen molar-refractivity contribution in [1.82, 2.24) is 0 Å². The van der Waals surface area contributed by atoms with Crippen LogP contribution in [0.4, 0.5) is 0 Å². The van der Waals surface area contributed by atoms with Gasteiger partial charge in [0.05, 0.1) is 0 Å². The molecule has 1 aliphatic carbocycles. The summed E-state index contributed by atoms with van der Waals surface area (Å²) >= 11 is 0. The zero-order chi connectivity index (χ0) is 9.54. The second kappa shape index (κ2) is 2.55. The zero-order valence-corrected chi connectivity index (χ0v) is 7.53. The lowest BCUT2D eigenvalue weighted by molar-refractivity contribution is 0.112. The molecule has 0 atom stereocenters. The first kappa shape index (κ1) is 7.51. The van der Waals surface area contributed by atoms with Gasteiger partial charge < -0.3 is 0 Å². The summed E-state index contributed by atoms with van der Waals surface area (Å²) in [6.07, 6.45) is 5.10. The van der Waals surface area contributed by atoms with E-state index in [0.717, 1.165) is 17.2 Å². The standard InChI is InChI=1S/C13H8O/c14-8-11-7-6-10-5-4-9-2-1-3-12(11)13(9)10/h1-8H. The lowest BCUT2D eigenvalue weighted by atomic mass is 10.0. The van der Waals surface area contributed by atoms with Gasteiger partial charge in [-0.05, 0) is 21.9 Å². The molecular formula is C13H8O. The molecule has 14 heavy (non-hydrogen) atoms. The van der Waals surface area contributed by atoms with E-state index in [-0.39, 0.29) is 0 Å². The van der Waals surface area contributed by atoms with E-state index in [2.05, 4.69) is 18.2 Å². The maximum absolute atomic E-state index is 10.8. The van der Waals surface area contributed by atoms with Crippen LogP contribution in [-0.4, -0.2) is 6.29 Å². The normalized spacial score (nSPS) is 12.3. The largest absolute Gasteiger partial charge is 0.298 e. The predicted molar refractivity (Wildman–Crippen MR) is 58.3 cm³/mol.